The van der Waals surface area contributed by atoms with E-state index >= 15 is 0 Å². The summed E-state index contributed by atoms with van der Waals surface area (Å²) >= 11 is 0. The zero-order valence-corrected chi connectivity index (χ0v) is 16.8. The van der Waals surface area contributed by atoms with Crippen LogP contribution in [0, 0.1) is 13.8 Å². The zero-order chi connectivity index (χ0) is 21.4. The van der Waals surface area contributed by atoms with Gasteiger partial charge < -0.3 is 9.97 Å². The van der Waals surface area contributed by atoms with Crippen molar-refractivity contribution >= 4 is 53.7 Å². The van der Waals surface area contributed by atoms with Crippen LogP contribution in [0.25, 0.3) is 43.6 Å². The van der Waals surface area contributed by atoms with Crippen molar-refractivity contribution in [3.05, 3.63) is 74.0 Å². The summed E-state index contributed by atoms with van der Waals surface area (Å²) in [7, 11) is -4.84. The van der Waals surface area contributed by atoms with Crippen molar-refractivity contribution in [2.75, 3.05) is 0 Å². The molecule has 30 heavy (non-hydrogen) atoms. The van der Waals surface area contributed by atoms with E-state index in [4.69, 9.17) is 0 Å². The van der Waals surface area contributed by atoms with Crippen LogP contribution in [0.3, 0.4) is 0 Å². The molecular formula is C22H16N2O5S. The molecule has 0 saturated heterocycles. The summed E-state index contributed by atoms with van der Waals surface area (Å²) in [6, 6.07) is 11.7. The number of benzene rings is 3. The molecule has 0 saturated carbocycles. The molecule has 0 aliphatic rings. The van der Waals surface area contributed by atoms with E-state index in [0.717, 1.165) is 5.56 Å². The third-order valence-electron chi connectivity index (χ3n) is 5.42. The van der Waals surface area contributed by atoms with Crippen LogP contribution in [-0.4, -0.2) is 22.9 Å². The molecule has 0 radical (unpaired) electrons. The fourth-order valence-electron chi connectivity index (χ4n) is 4.25. The number of fused-ring (bicyclic) bond motifs is 4. The van der Waals surface area contributed by atoms with Crippen molar-refractivity contribution in [1.82, 2.24) is 9.97 Å². The van der Waals surface area contributed by atoms with Crippen molar-refractivity contribution in [2.45, 2.75) is 18.7 Å². The summed E-state index contributed by atoms with van der Waals surface area (Å²) in [5.41, 5.74) is 1.69. The molecule has 5 aromatic rings. The monoisotopic (exact) mass is 420 g/mol. The third kappa shape index (κ3) is 2.51. The average Bonchev–Trinajstić information content (AvgIpc) is 2.66. The van der Waals surface area contributed by atoms with E-state index in [1.807, 2.05) is 13.0 Å². The van der Waals surface area contributed by atoms with E-state index in [-0.39, 0.29) is 21.8 Å². The van der Waals surface area contributed by atoms with Crippen LogP contribution in [0.1, 0.15) is 11.1 Å². The second kappa shape index (κ2) is 6.01. The van der Waals surface area contributed by atoms with E-state index in [1.165, 1.54) is 6.07 Å². The van der Waals surface area contributed by atoms with Crippen LogP contribution in [0.2, 0.25) is 0 Å². The number of rotatable bonds is 1. The Morgan fingerprint density at radius 1 is 0.800 bits per heavy atom. The van der Waals surface area contributed by atoms with Crippen LogP contribution in [0.4, 0.5) is 0 Å². The van der Waals surface area contributed by atoms with Gasteiger partial charge >= 0.3 is 0 Å². The predicted molar refractivity (Wildman–Crippen MR) is 117 cm³/mol. The summed E-state index contributed by atoms with van der Waals surface area (Å²) in [6.45, 7) is 3.65. The number of para-hydroxylation sites is 1. The van der Waals surface area contributed by atoms with E-state index in [0.29, 0.717) is 27.4 Å². The quantitative estimate of drug-likeness (QED) is 0.283. The lowest BCUT2D eigenvalue weighted by Gasteiger charge is -2.12. The van der Waals surface area contributed by atoms with Crippen molar-refractivity contribution in [3.8, 4) is 0 Å². The van der Waals surface area contributed by atoms with E-state index in [1.54, 1.807) is 37.3 Å². The van der Waals surface area contributed by atoms with Gasteiger partial charge in [-0.2, -0.15) is 8.42 Å². The third-order valence-corrected chi connectivity index (χ3v) is 6.34. The lowest BCUT2D eigenvalue weighted by molar-refractivity contribution is 0.485. The molecule has 0 spiro atoms. The van der Waals surface area contributed by atoms with Gasteiger partial charge in [-0.3, -0.25) is 14.1 Å². The van der Waals surface area contributed by atoms with Crippen molar-refractivity contribution in [1.29, 1.82) is 0 Å². The molecule has 2 aromatic heterocycles. The molecule has 0 amide bonds. The highest BCUT2D eigenvalue weighted by atomic mass is 32.2. The van der Waals surface area contributed by atoms with Gasteiger partial charge in [0.05, 0.1) is 21.9 Å². The van der Waals surface area contributed by atoms with Gasteiger partial charge in [0.2, 0.25) is 0 Å². The standard InChI is InChI=1S/C22H16N2O5S/c1-10-7-11(2)17-15(8-10)23-16-9-13-19(22(30(27,28)29)18(16)21(17)26)24-14-6-4-3-5-12(14)20(13)25/h3-9H,1-2H3,(H,23,26)(H,24,25)(H,27,28,29). The minimum atomic E-state index is -4.84. The fourth-order valence-corrected chi connectivity index (χ4v) is 5.13. The van der Waals surface area contributed by atoms with E-state index in [9.17, 15) is 22.6 Å². The van der Waals surface area contributed by atoms with E-state index < -0.39 is 25.9 Å². The molecular weight excluding hydrogens is 404 g/mol. The molecule has 5 rings (SSSR count). The Balaban J connectivity index is 2.18. The summed E-state index contributed by atoms with van der Waals surface area (Å²) in [4.78, 5) is 31.9. The number of aromatic amines is 2. The Hall–Kier alpha value is -3.49. The number of aromatic nitrogens is 2. The highest BCUT2D eigenvalue weighted by molar-refractivity contribution is 7.86. The normalized spacial score (nSPS) is 12.4. The Bertz CT molecular complexity index is 1780. The maximum Gasteiger partial charge on any atom is 0.297 e. The topological polar surface area (TPSA) is 120 Å². The van der Waals surface area contributed by atoms with Gasteiger partial charge in [0.25, 0.3) is 10.1 Å². The number of pyridine rings is 2. The molecule has 3 aromatic carbocycles. The summed E-state index contributed by atoms with van der Waals surface area (Å²) in [6.07, 6.45) is 0. The summed E-state index contributed by atoms with van der Waals surface area (Å²) in [5.74, 6) is 0. The van der Waals surface area contributed by atoms with Gasteiger partial charge in [-0.1, -0.05) is 18.2 Å². The summed E-state index contributed by atoms with van der Waals surface area (Å²) in [5, 5.41) is 0.588. The largest absolute Gasteiger partial charge is 0.354 e. The fraction of sp³-hybridized carbons (Fsp3) is 0.0909. The first-order valence-electron chi connectivity index (χ1n) is 9.19. The molecule has 0 bridgehead atoms. The molecule has 0 atom stereocenters. The Morgan fingerprint density at radius 2 is 1.50 bits per heavy atom. The average molecular weight is 420 g/mol. The van der Waals surface area contributed by atoms with Crippen molar-refractivity contribution < 1.29 is 13.0 Å². The van der Waals surface area contributed by atoms with Crippen LogP contribution < -0.4 is 10.9 Å². The van der Waals surface area contributed by atoms with E-state index in [2.05, 4.69) is 9.97 Å². The van der Waals surface area contributed by atoms with Gasteiger partial charge in [-0.05, 0) is 49.2 Å². The maximum absolute atomic E-state index is 13.4. The number of nitrogens with one attached hydrogen (secondary N) is 2. The van der Waals surface area contributed by atoms with Gasteiger partial charge in [-0.15, -0.1) is 0 Å². The molecule has 7 nitrogen and oxygen atoms in total. The molecule has 0 aliphatic heterocycles. The number of aryl methyl sites for hydroxylation is 2. The molecule has 8 heteroatoms. The predicted octanol–water partition coefficient (Wildman–Crippen LogP) is 3.54. The lowest BCUT2D eigenvalue weighted by atomic mass is 10.0. The Kier molecular flexibility index (Phi) is 3.71. The van der Waals surface area contributed by atoms with Crippen LogP contribution in [-0.2, 0) is 10.1 Å². The van der Waals surface area contributed by atoms with Crippen molar-refractivity contribution in [2.24, 2.45) is 0 Å². The first-order valence-corrected chi connectivity index (χ1v) is 10.6. The number of hydrogen-bond donors (Lipinski definition) is 3. The first-order chi connectivity index (χ1) is 14.2. The van der Waals surface area contributed by atoms with Crippen molar-refractivity contribution in [3.63, 3.8) is 0 Å². The Morgan fingerprint density at radius 3 is 2.23 bits per heavy atom. The second-order valence-electron chi connectivity index (χ2n) is 7.48. The SMILES string of the molecule is Cc1cc(C)c2c(=O)c3c(S(=O)(=O)O)c4[nH]c5ccccc5c(=O)c4cc3[nH]c2c1. The minimum Gasteiger partial charge on any atom is -0.354 e. The van der Waals surface area contributed by atoms with Gasteiger partial charge in [0.1, 0.15) is 4.90 Å². The molecule has 0 fully saturated rings. The maximum atomic E-state index is 13.4. The van der Waals surface area contributed by atoms with Gasteiger partial charge in [0, 0.05) is 21.7 Å². The summed E-state index contributed by atoms with van der Waals surface area (Å²) < 4.78 is 34.9. The number of H-pyrrole nitrogens is 2. The zero-order valence-electron chi connectivity index (χ0n) is 16.0. The Labute approximate surface area is 169 Å². The molecule has 0 aliphatic carbocycles. The number of hydrogen-bond acceptors (Lipinski definition) is 4. The molecule has 2 heterocycles. The first kappa shape index (κ1) is 18.5. The second-order valence-corrected chi connectivity index (χ2v) is 8.84. The smallest absolute Gasteiger partial charge is 0.297 e. The molecule has 0 unspecified atom stereocenters. The minimum absolute atomic E-state index is 0.0631. The van der Waals surface area contributed by atoms with Gasteiger partial charge in [-0.25, -0.2) is 0 Å². The lowest BCUT2D eigenvalue weighted by Crippen LogP contribution is -2.15. The molecule has 150 valence electrons. The van der Waals surface area contributed by atoms with Gasteiger partial charge in [0.15, 0.2) is 10.9 Å². The molecule has 3 N–H and O–H groups in total. The van der Waals surface area contributed by atoms with Crippen LogP contribution in [0.15, 0.2) is 56.9 Å². The highest BCUT2D eigenvalue weighted by Gasteiger charge is 2.25. The van der Waals surface area contributed by atoms with Crippen LogP contribution in [0.5, 0.6) is 0 Å². The van der Waals surface area contributed by atoms with Crippen LogP contribution >= 0.6 is 0 Å². The highest BCUT2D eigenvalue weighted by Crippen LogP contribution is 2.30.